The molecular formula is C11H8ClN5O. The molecule has 0 saturated heterocycles. The van der Waals surface area contributed by atoms with Gasteiger partial charge in [0.1, 0.15) is 6.33 Å². The number of aromatic nitrogens is 5. The van der Waals surface area contributed by atoms with Crippen molar-refractivity contribution >= 4 is 11.6 Å². The first-order valence-electron chi connectivity index (χ1n) is 5.20. The van der Waals surface area contributed by atoms with Crippen LogP contribution in [0.4, 0.5) is 0 Å². The molecule has 0 aliphatic carbocycles. The minimum Gasteiger partial charge on any atom is -0.334 e. The van der Waals surface area contributed by atoms with Crippen molar-refractivity contribution in [1.29, 1.82) is 0 Å². The topological polar surface area (TPSA) is 80.5 Å². The molecule has 0 fully saturated rings. The van der Waals surface area contributed by atoms with Crippen molar-refractivity contribution in [2.45, 2.75) is 6.92 Å². The van der Waals surface area contributed by atoms with Crippen molar-refractivity contribution in [3.05, 3.63) is 35.1 Å². The van der Waals surface area contributed by atoms with Gasteiger partial charge in [0.25, 0.3) is 5.89 Å². The second kappa shape index (κ2) is 4.23. The highest BCUT2D eigenvalue weighted by Gasteiger charge is 2.12. The number of aryl methyl sites for hydroxylation is 1. The Bertz CT molecular complexity index is 677. The highest BCUT2D eigenvalue weighted by atomic mass is 35.5. The van der Waals surface area contributed by atoms with Crippen LogP contribution in [0.25, 0.3) is 23.1 Å². The summed E-state index contributed by atoms with van der Waals surface area (Å²) in [5.74, 6) is 1.26. The molecular weight excluding hydrogens is 254 g/mol. The Kier molecular flexibility index (Phi) is 2.56. The standard InChI is InChI=1S/C11H8ClN5O/c1-6-4-7(2-3-8(6)12)11-15-10(17-18-11)9-13-5-14-16-9/h2-5H,1H3,(H,13,14,16). The van der Waals surface area contributed by atoms with Crippen molar-refractivity contribution in [2.75, 3.05) is 0 Å². The van der Waals surface area contributed by atoms with Crippen LogP contribution in [0.2, 0.25) is 5.02 Å². The summed E-state index contributed by atoms with van der Waals surface area (Å²) in [4.78, 5) is 8.19. The van der Waals surface area contributed by atoms with E-state index in [1.54, 1.807) is 6.07 Å². The summed E-state index contributed by atoms with van der Waals surface area (Å²) in [5, 5.41) is 10.9. The van der Waals surface area contributed by atoms with Crippen LogP contribution in [-0.2, 0) is 0 Å². The van der Waals surface area contributed by atoms with E-state index in [1.165, 1.54) is 6.33 Å². The Morgan fingerprint density at radius 3 is 2.94 bits per heavy atom. The summed E-state index contributed by atoms with van der Waals surface area (Å²) in [6.45, 7) is 1.92. The lowest BCUT2D eigenvalue weighted by molar-refractivity contribution is 0.432. The average molecular weight is 262 g/mol. The minimum absolute atomic E-state index is 0.370. The number of nitrogens with one attached hydrogen (secondary N) is 1. The molecule has 3 aromatic rings. The Balaban J connectivity index is 2.00. The summed E-state index contributed by atoms with van der Waals surface area (Å²) in [7, 11) is 0. The van der Waals surface area contributed by atoms with Crippen LogP contribution in [0.5, 0.6) is 0 Å². The first-order chi connectivity index (χ1) is 8.74. The number of hydrogen-bond acceptors (Lipinski definition) is 5. The van der Waals surface area contributed by atoms with Gasteiger partial charge in [-0.1, -0.05) is 16.8 Å². The second-order valence-corrected chi connectivity index (χ2v) is 4.13. The van der Waals surface area contributed by atoms with Gasteiger partial charge in [-0.25, -0.2) is 4.98 Å². The van der Waals surface area contributed by atoms with E-state index in [0.29, 0.717) is 22.6 Å². The van der Waals surface area contributed by atoms with E-state index >= 15 is 0 Å². The van der Waals surface area contributed by atoms with Crippen LogP contribution in [-0.4, -0.2) is 25.3 Å². The molecule has 7 heteroatoms. The molecule has 1 aromatic carbocycles. The normalized spacial score (nSPS) is 10.8. The van der Waals surface area contributed by atoms with Gasteiger partial charge >= 0.3 is 0 Å². The van der Waals surface area contributed by atoms with Gasteiger partial charge in [0.2, 0.25) is 5.82 Å². The van der Waals surface area contributed by atoms with Crippen molar-refractivity contribution in [1.82, 2.24) is 25.3 Å². The summed E-state index contributed by atoms with van der Waals surface area (Å²) < 4.78 is 5.18. The van der Waals surface area contributed by atoms with E-state index in [2.05, 4.69) is 25.3 Å². The fraction of sp³-hybridized carbons (Fsp3) is 0.0909. The number of H-pyrrole nitrogens is 1. The molecule has 0 spiro atoms. The third kappa shape index (κ3) is 1.86. The van der Waals surface area contributed by atoms with Gasteiger partial charge in [0.15, 0.2) is 5.82 Å². The summed E-state index contributed by atoms with van der Waals surface area (Å²) >= 11 is 5.96. The predicted molar refractivity (Wildman–Crippen MR) is 64.9 cm³/mol. The molecule has 0 atom stereocenters. The van der Waals surface area contributed by atoms with Crippen LogP contribution >= 0.6 is 11.6 Å². The van der Waals surface area contributed by atoms with Gasteiger partial charge in [-0.05, 0) is 30.7 Å². The lowest BCUT2D eigenvalue weighted by Crippen LogP contribution is -1.84. The maximum atomic E-state index is 5.96. The van der Waals surface area contributed by atoms with Crippen molar-refractivity contribution < 1.29 is 4.52 Å². The van der Waals surface area contributed by atoms with Gasteiger partial charge in [-0.3, -0.25) is 5.10 Å². The molecule has 6 nitrogen and oxygen atoms in total. The fourth-order valence-electron chi connectivity index (χ4n) is 1.53. The Hall–Kier alpha value is -2.21. The molecule has 0 saturated carbocycles. The van der Waals surface area contributed by atoms with Gasteiger partial charge in [0, 0.05) is 10.6 Å². The Morgan fingerprint density at radius 2 is 2.22 bits per heavy atom. The number of aromatic amines is 1. The molecule has 0 unspecified atom stereocenters. The molecule has 1 N–H and O–H groups in total. The molecule has 0 aliphatic heterocycles. The summed E-state index contributed by atoms with van der Waals surface area (Å²) in [5.41, 5.74) is 1.77. The van der Waals surface area contributed by atoms with E-state index in [1.807, 2.05) is 19.1 Å². The molecule has 3 rings (SSSR count). The zero-order chi connectivity index (χ0) is 12.5. The highest BCUT2D eigenvalue weighted by molar-refractivity contribution is 6.31. The highest BCUT2D eigenvalue weighted by Crippen LogP contribution is 2.24. The fourth-order valence-corrected chi connectivity index (χ4v) is 1.65. The largest absolute Gasteiger partial charge is 0.334 e. The van der Waals surface area contributed by atoms with Crippen LogP contribution in [0.15, 0.2) is 29.0 Å². The van der Waals surface area contributed by atoms with Gasteiger partial charge in [-0.15, -0.1) is 0 Å². The average Bonchev–Trinajstić information content (AvgIpc) is 3.01. The molecule has 2 heterocycles. The molecule has 0 radical (unpaired) electrons. The van der Waals surface area contributed by atoms with Gasteiger partial charge in [0.05, 0.1) is 0 Å². The first-order valence-corrected chi connectivity index (χ1v) is 5.58. The van der Waals surface area contributed by atoms with Crippen LogP contribution in [0, 0.1) is 6.92 Å². The van der Waals surface area contributed by atoms with Crippen LogP contribution in [0.3, 0.4) is 0 Å². The van der Waals surface area contributed by atoms with Crippen LogP contribution < -0.4 is 0 Å². The number of halogens is 1. The smallest absolute Gasteiger partial charge is 0.258 e. The maximum Gasteiger partial charge on any atom is 0.258 e. The van der Waals surface area contributed by atoms with Crippen molar-refractivity contribution in [3.8, 4) is 23.1 Å². The molecule has 90 valence electrons. The lowest BCUT2D eigenvalue weighted by atomic mass is 10.1. The van der Waals surface area contributed by atoms with E-state index in [9.17, 15) is 0 Å². The lowest BCUT2D eigenvalue weighted by Gasteiger charge is -1.98. The maximum absolute atomic E-state index is 5.96. The number of benzene rings is 1. The SMILES string of the molecule is Cc1cc(-c2nc(-c3ncn[nH]3)no2)ccc1Cl. The zero-order valence-corrected chi connectivity index (χ0v) is 10.1. The Labute approximate surface area is 107 Å². The quantitative estimate of drug-likeness (QED) is 0.766. The third-order valence-electron chi connectivity index (χ3n) is 2.46. The van der Waals surface area contributed by atoms with Crippen molar-refractivity contribution in [3.63, 3.8) is 0 Å². The second-order valence-electron chi connectivity index (χ2n) is 3.72. The molecule has 18 heavy (non-hydrogen) atoms. The molecule has 2 aromatic heterocycles. The third-order valence-corrected chi connectivity index (χ3v) is 2.88. The van der Waals surface area contributed by atoms with E-state index in [4.69, 9.17) is 16.1 Å². The summed E-state index contributed by atoms with van der Waals surface area (Å²) in [6, 6.07) is 5.51. The molecule has 0 aliphatic rings. The van der Waals surface area contributed by atoms with Gasteiger partial charge in [-0.2, -0.15) is 10.1 Å². The monoisotopic (exact) mass is 261 g/mol. The summed E-state index contributed by atoms with van der Waals surface area (Å²) in [6.07, 6.45) is 1.39. The molecule has 0 bridgehead atoms. The molecule has 0 amide bonds. The van der Waals surface area contributed by atoms with E-state index in [-0.39, 0.29) is 0 Å². The number of hydrogen-bond donors (Lipinski definition) is 1. The van der Waals surface area contributed by atoms with Crippen LogP contribution in [0.1, 0.15) is 5.56 Å². The van der Waals surface area contributed by atoms with Gasteiger partial charge < -0.3 is 4.52 Å². The predicted octanol–water partition coefficient (Wildman–Crippen LogP) is 2.48. The Morgan fingerprint density at radius 1 is 1.33 bits per heavy atom. The first kappa shape index (κ1) is 10.9. The minimum atomic E-state index is 0.370. The number of nitrogens with zero attached hydrogens (tertiary/aromatic N) is 4. The number of rotatable bonds is 2. The zero-order valence-electron chi connectivity index (χ0n) is 9.38. The van der Waals surface area contributed by atoms with Crippen molar-refractivity contribution in [2.24, 2.45) is 0 Å². The van der Waals surface area contributed by atoms with E-state index in [0.717, 1.165) is 11.1 Å². The van der Waals surface area contributed by atoms with E-state index < -0.39 is 0 Å².